The minimum absolute atomic E-state index is 0.00429. The highest BCUT2D eigenvalue weighted by Gasteiger charge is 2.44. The third-order valence-corrected chi connectivity index (χ3v) is 19.7. The molecule has 0 amide bonds. The fourth-order valence-corrected chi connectivity index (χ4v) is 14.9. The van der Waals surface area contributed by atoms with Crippen LogP contribution in [-0.4, -0.2) is 6.71 Å². The minimum atomic E-state index is -0.0543. The zero-order chi connectivity index (χ0) is 57.0. The number of aryl methyl sites for hydroxylation is 1. The van der Waals surface area contributed by atoms with Gasteiger partial charge in [0.25, 0.3) is 6.71 Å². The van der Waals surface area contributed by atoms with Crippen molar-refractivity contribution in [2.45, 2.75) is 138 Å². The Balaban J connectivity index is 1.10. The SMILES string of the molecule is Cc1cc2c3c(c1)N(c1ccc4sc5ccc(C(C)(C)C)cc5c4c1)c1cc4c(cc1B3c1ccc(N(c3ccc(C(C)(C)C)cc3)c3ccc(C(C)(C)C)cc3)cc1N2c1ccc(C(C)(C)C)cc1)sc1ccc(C(C)(C)C)cc14. The standard InChI is InChI=1S/C75H76BN3S2/c1-45-37-64-70-65(38-45)79(54-32-36-68-58(41-54)56-39-49(74(11,12)13)23-34-66(56)80-68)63-43-59-57-40-50(75(14,15)16)24-35-67(57)81-69(59)44-61(63)76(70)60-33-31-55(42-62(60)78(64)53-29-21-48(22-30-53)73(8,9)10)77(51-25-17-46(18-26-51)71(2,3)4)52-27-19-47(20-28-52)72(5,6)7/h17-44H,1-16H3. The van der Waals surface area contributed by atoms with E-state index < -0.39 is 0 Å². The van der Waals surface area contributed by atoms with Gasteiger partial charge in [0.2, 0.25) is 0 Å². The van der Waals surface area contributed by atoms with E-state index in [2.05, 4.69) is 295 Å². The van der Waals surface area contributed by atoms with Crippen LogP contribution in [0.5, 0.6) is 0 Å². The van der Waals surface area contributed by atoms with Crippen LogP contribution in [0.15, 0.2) is 170 Å². The molecule has 0 spiro atoms. The van der Waals surface area contributed by atoms with Gasteiger partial charge in [0, 0.05) is 91.5 Å². The number of rotatable bonds is 5. The van der Waals surface area contributed by atoms with E-state index in [1.54, 1.807) is 0 Å². The highest BCUT2D eigenvalue weighted by Crippen LogP contribution is 2.50. The molecule has 0 aliphatic carbocycles. The molecule has 3 nitrogen and oxygen atoms in total. The van der Waals surface area contributed by atoms with Gasteiger partial charge in [-0.1, -0.05) is 158 Å². The van der Waals surface area contributed by atoms with Crippen LogP contribution >= 0.6 is 22.7 Å². The highest BCUT2D eigenvalue weighted by molar-refractivity contribution is 7.26. The van der Waals surface area contributed by atoms with Gasteiger partial charge in [0.15, 0.2) is 0 Å². The Morgan fingerprint density at radius 1 is 0.321 bits per heavy atom. The predicted molar refractivity (Wildman–Crippen MR) is 359 cm³/mol. The number of fused-ring (bicyclic) bond motifs is 10. The lowest BCUT2D eigenvalue weighted by Crippen LogP contribution is -2.61. The van der Waals surface area contributed by atoms with Crippen LogP contribution in [0.3, 0.4) is 0 Å². The van der Waals surface area contributed by atoms with Gasteiger partial charge in [0.05, 0.1) is 0 Å². The molecule has 6 heteroatoms. The molecular formula is C75H76BN3S2. The van der Waals surface area contributed by atoms with E-state index in [1.807, 2.05) is 22.7 Å². The summed E-state index contributed by atoms with van der Waals surface area (Å²) in [6.45, 7) is 36.9. The van der Waals surface area contributed by atoms with E-state index in [-0.39, 0.29) is 33.8 Å². The van der Waals surface area contributed by atoms with Crippen LogP contribution in [0.25, 0.3) is 40.3 Å². The van der Waals surface area contributed by atoms with Crippen molar-refractivity contribution in [1.82, 2.24) is 0 Å². The molecule has 0 fully saturated rings. The van der Waals surface area contributed by atoms with Gasteiger partial charge < -0.3 is 14.7 Å². The monoisotopic (exact) mass is 1090 g/mol. The quantitative estimate of drug-likeness (QED) is 0.159. The van der Waals surface area contributed by atoms with Crippen molar-refractivity contribution in [3.8, 4) is 0 Å². The first-order chi connectivity index (χ1) is 38.2. The Hall–Kier alpha value is -7.12. The average molecular weight is 1090 g/mol. The molecule has 2 aromatic heterocycles. The maximum atomic E-state index is 2.63. The summed E-state index contributed by atoms with van der Waals surface area (Å²) in [6.07, 6.45) is 0. The van der Waals surface area contributed by atoms with Gasteiger partial charge in [-0.15, -0.1) is 22.7 Å². The summed E-state index contributed by atoms with van der Waals surface area (Å²) in [5, 5.41) is 5.29. The Bertz CT molecular complexity index is 4260. The summed E-state index contributed by atoms with van der Waals surface area (Å²) in [5.41, 5.74) is 22.6. The number of benzene rings is 9. The van der Waals surface area contributed by atoms with E-state index >= 15 is 0 Å². The average Bonchev–Trinajstić information content (AvgIpc) is 2.10. The van der Waals surface area contributed by atoms with Gasteiger partial charge in [-0.25, -0.2) is 0 Å². The number of nitrogens with zero attached hydrogens (tertiary/aromatic N) is 3. The zero-order valence-electron chi connectivity index (χ0n) is 50.4. The largest absolute Gasteiger partial charge is 0.311 e. The molecular weight excluding hydrogens is 1020 g/mol. The Morgan fingerprint density at radius 3 is 1.20 bits per heavy atom. The summed E-state index contributed by atoms with van der Waals surface area (Å²) in [4.78, 5) is 7.69. The van der Waals surface area contributed by atoms with Crippen molar-refractivity contribution in [2.24, 2.45) is 0 Å². The summed E-state index contributed by atoms with van der Waals surface area (Å²) >= 11 is 3.83. The van der Waals surface area contributed by atoms with Crippen LogP contribution in [-0.2, 0) is 27.1 Å². The molecule has 0 saturated heterocycles. The second kappa shape index (κ2) is 18.4. The van der Waals surface area contributed by atoms with E-state index in [0.717, 1.165) is 22.7 Å². The lowest BCUT2D eigenvalue weighted by Gasteiger charge is -2.45. The molecule has 4 heterocycles. The Kier molecular flexibility index (Phi) is 12.1. The summed E-state index contributed by atoms with van der Waals surface area (Å²) < 4.78 is 5.29. The first kappa shape index (κ1) is 53.2. The van der Waals surface area contributed by atoms with Crippen LogP contribution < -0.4 is 31.1 Å². The van der Waals surface area contributed by atoms with Gasteiger partial charge in [-0.05, 0) is 199 Å². The van der Waals surface area contributed by atoms with E-state index in [9.17, 15) is 0 Å². The molecule has 11 aromatic rings. The van der Waals surface area contributed by atoms with Gasteiger partial charge in [-0.2, -0.15) is 0 Å². The van der Waals surface area contributed by atoms with Crippen LogP contribution in [0, 0.1) is 6.92 Å². The number of thiophene rings is 2. The molecule has 0 N–H and O–H groups in total. The molecule has 2 aliphatic heterocycles. The normalized spacial score (nSPS) is 13.9. The summed E-state index contributed by atoms with van der Waals surface area (Å²) in [7, 11) is 0. The van der Waals surface area contributed by atoms with Crippen molar-refractivity contribution in [2.75, 3.05) is 14.7 Å². The third-order valence-electron chi connectivity index (χ3n) is 17.5. The molecule has 0 radical (unpaired) electrons. The lowest BCUT2D eigenvalue weighted by molar-refractivity contribution is 0.590. The molecule has 0 bridgehead atoms. The maximum Gasteiger partial charge on any atom is 0.252 e. The second-order valence-corrected chi connectivity index (χ2v) is 30.7. The van der Waals surface area contributed by atoms with E-state index in [4.69, 9.17) is 0 Å². The van der Waals surface area contributed by atoms with Crippen molar-refractivity contribution < 1.29 is 0 Å². The Morgan fingerprint density at radius 2 is 0.704 bits per heavy atom. The topological polar surface area (TPSA) is 9.72 Å². The van der Waals surface area contributed by atoms with Crippen LogP contribution in [0.2, 0.25) is 0 Å². The first-order valence-corrected chi connectivity index (χ1v) is 30.8. The molecule has 0 saturated carbocycles. The fourth-order valence-electron chi connectivity index (χ4n) is 12.7. The molecule has 406 valence electrons. The lowest BCUT2D eigenvalue weighted by atomic mass is 9.33. The maximum absolute atomic E-state index is 2.63. The summed E-state index contributed by atoms with van der Waals surface area (Å²) in [6, 6.07) is 67.0. The summed E-state index contributed by atoms with van der Waals surface area (Å²) in [5.74, 6) is 0. The van der Waals surface area contributed by atoms with Crippen molar-refractivity contribution in [3.63, 3.8) is 0 Å². The molecule has 81 heavy (non-hydrogen) atoms. The van der Waals surface area contributed by atoms with Crippen molar-refractivity contribution >= 4 is 137 Å². The molecule has 0 atom stereocenters. The van der Waals surface area contributed by atoms with Gasteiger partial charge in [-0.3, -0.25) is 0 Å². The predicted octanol–water partition coefficient (Wildman–Crippen LogP) is 20.8. The number of hydrogen-bond acceptors (Lipinski definition) is 5. The number of anilines is 9. The smallest absolute Gasteiger partial charge is 0.252 e. The van der Waals surface area contributed by atoms with Gasteiger partial charge in [0.1, 0.15) is 0 Å². The molecule has 0 unspecified atom stereocenters. The molecule has 2 aliphatic rings. The van der Waals surface area contributed by atoms with E-state index in [0.29, 0.717) is 0 Å². The highest BCUT2D eigenvalue weighted by atomic mass is 32.1. The van der Waals surface area contributed by atoms with Crippen LogP contribution in [0.4, 0.5) is 51.2 Å². The minimum Gasteiger partial charge on any atom is -0.311 e. The fraction of sp³-hybridized carbons (Fsp3) is 0.280. The molecule has 9 aromatic carbocycles. The van der Waals surface area contributed by atoms with E-state index in [1.165, 1.54) is 119 Å². The Labute approximate surface area is 490 Å². The van der Waals surface area contributed by atoms with Gasteiger partial charge >= 0.3 is 0 Å². The third kappa shape index (κ3) is 9.08. The number of hydrogen-bond donors (Lipinski definition) is 0. The van der Waals surface area contributed by atoms with Crippen molar-refractivity contribution in [3.05, 3.63) is 203 Å². The first-order valence-electron chi connectivity index (χ1n) is 29.2. The zero-order valence-corrected chi connectivity index (χ0v) is 52.0. The van der Waals surface area contributed by atoms with Crippen molar-refractivity contribution in [1.29, 1.82) is 0 Å². The second-order valence-electron chi connectivity index (χ2n) is 28.5. The van der Waals surface area contributed by atoms with Crippen LogP contribution in [0.1, 0.15) is 137 Å². The molecule has 13 rings (SSSR count).